The first-order valence-electron chi connectivity index (χ1n) is 9.31. The van der Waals surface area contributed by atoms with Gasteiger partial charge in [0.05, 0.1) is 6.26 Å². The van der Waals surface area contributed by atoms with Gasteiger partial charge in [0.1, 0.15) is 6.04 Å². The van der Waals surface area contributed by atoms with Crippen molar-refractivity contribution in [1.29, 1.82) is 0 Å². The van der Waals surface area contributed by atoms with Crippen LogP contribution in [0.25, 0.3) is 0 Å². The molecule has 8 heteroatoms. The molecule has 1 aromatic rings. The van der Waals surface area contributed by atoms with Crippen molar-refractivity contribution in [2.24, 2.45) is 5.92 Å². The molecule has 0 aromatic heterocycles. The quantitative estimate of drug-likeness (QED) is 0.752. The Bertz CT molecular complexity index is 829. The molecule has 0 saturated carbocycles. The standard InChI is InChI=1S/C19H27N3O4S/c1-14(2)12-17(22-13-15-6-4-5-7-16(15)18(22)23)19(24)20-8-10-21(11-9-20)27(3,25)26/h4-7,14,17H,8-13H2,1-3H3. The van der Waals surface area contributed by atoms with Crippen LogP contribution in [0.1, 0.15) is 36.2 Å². The maximum atomic E-state index is 13.2. The van der Waals surface area contributed by atoms with Crippen molar-refractivity contribution in [2.45, 2.75) is 32.9 Å². The molecule has 148 valence electrons. The summed E-state index contributed by atoms with van der Waals surface area (Å²) in [4.78, 5) is 29.5. The van der Waals surface area contributed by atoms with Gasteiger partial charge in [-0.15, -0.1) is 0 Å². The topological polar surface area (TPSA) is 78.0 Å². The molecule has 1 unspecified atom stereocenters. The molecule has 0 bridgehead atoms. The van der Waals surface area contributed by atoms with Crippen LogP contribution in [0, 0.1) is 5.92 Å². The van der Waals surface area contributed by atoms with Crippen LogP contribution in [0.4, 0.5) is 0 Å². The summed E-state index contributed by atoms with van der Waals surface area (Å²) in [5, 5.41) is 0. The molecule has 0 aliphatic carbocycles. The Kier molecular flexibility index (Phi) is 5.58. The maximum Gasteiger partial charge on any atom is 0.255 e. The molecule has 2 heterocycles. The minimum Gasteiger partial charge on any atom is -0.338 e. The number of fused-ring (bicyclic) bond motifs is 1. The van der Waals surface area contributed by atoms with Crippen molar-refractivity contribution < 1.29 is 18.0 Å². The zero-order valence-electron chi connectivity index (χ0n) is 16.1. The summed E-state index contributed by atoms with van der Waals surface area (Å²) >= 11 is 0. The molecule has 0 spiro atoms. The summed E-state index contributed by atoms with van der Waals surface area (Å²) in [7, 11) is -3.24. The van der Waals surface area contributed by atoms with E-state index in [0.717, 1.165) is 5.56 Å². The molecule has 1 atom stereocenters. The summed E-state index contributed by atoms with van der Waals surface area (Å²) in [5.74, 6) is 0.0742. The zero-order valence-corrected chi connectivity index (χ0v) is 16.9. The van der Waals surface area contributed by atoms with Crippen LogP contribution in [0.3, 0.4) is 0 Å². The molecule has 7 nitrogen and oxygen atoms in total. The maximum absolute atomic E-state index is 13.2. The molecule has 1 aromatic carbocycles. The largest absolute Gasteiger partial charge is 0.338 e. The Morgan fingerprint density at radius 3 is 2.30 bits per heavy atom. The highest BCUT2D eigenvalue weighted by Gasteiger charge is 2.39. The van der Waals surface area contributed by atoms with E-state index in [-0.39, 0.29) is 17.7 Å². The van der Waals surface area contributed by atoms with Gasteiger partial charge in [-0.2, -0.15) is 4.31 Å². The van der Waals surface area contributed by atoms with E-state index in [9.17, 15) is 18.0 Å². The second-order valence-corrected chi connectivity index (χ2v) is 9.71. The molecule has 1 saturated heterocycles. The second kappa shape index (κ2) is 7.59. The fraction of sp³-hybridized carbons (Fsp3) is 0.579. The van der Waals surface area contributed by atoms with Crippen LogP contribution in [-0.2, 0) is 21.4 Å². The fourth-order valence-electron chi connectivity index (χ4n) is 3.79. The van der Waals surface area contributed by atoms with Gasteiger partial charge in [0, 0.05) is 38.3 Å². The first kappa shape index (κ1) is 19.8. The molecule has 2 aliphatic rings. The Labute approximate surface area is 161 Å². The van der Waals surface area contributed by atoms with Gasteiger partial charge in [-0.3, -0.25) is 9.59 Å². The van der Waals surface area contributed by atoms with E-state index >= 15 is 0 Å². The predicted molar refractivity (Wildman–Crippen MR) is 103 cm³/mol. The van der Waals surface area contributed by atoms with E-state index in [2.05, 4.69) is 0 Å². The predicted octanol–water partition coefficient (Wildman–Crippen LogP) is 1.16. The minimum absolute atomic E-state index is 0.0852. The van der Waals surface area contributed by atoms with E-state index in [4.69, 9.17) is 0 Å². The number of benzene rings is 1. The van der Waals surface area contributed by atoms with Crippen LogP contribution in [0.15, 0.2) is 24.3 Å². The van der Waals surface area contributed by atoms with Gasteiger partial charge in [0.2, 0.25) is 15.9 Å². The smallest absolute Gasteiger partial charge is 0.255 e. The molecule has 27 heavy (non-hydrogen) atoms. The monoisotopic (exact) mass is 393 g/mol. The Morgan fingerprint density at radius 1 is 1.11 bits per heavy atom. The van der Waals surface area contributed by atoms with E-state index in [1.165, 1.54) is 10.6 Å². The lowest BCUT2D eigenvalue weighted by Crippen LogP contribution is -2.56. The van der Waals surface area contributed by atoms with E-state index in [1.54, 1.807) is 15.9 Å². The number of amides is 2. The Balaban J connectivity index is 1.76. The number of rotatable bonds is 5. The van der Waals surface area contributed by atoms with Crippen molar-refractivity contribution in [2.75, 3.05) is 32.4 Å². The number of piperazine rings is 1. The molecule has 3 rings (SSSR count). The van der Waals surface area contributed by atoms with E-state index in [1.807, 2.05) is 32.0 Å². The highest BCUT2D eigenvalue weighted by Crippen LogP contribution is 2.28. The zero-order chi connectivity index (χ0) is 19.8. The molecule has 0 N–H and O–H groups in total. The first-order valence-corrected chi connectivity index (χ1v) is 11.2. The van der Waals surface area contributed by atoms with Gasteiger partial charge >= 0.3 is 0 Å². The van der Waals surface area contributed by atoms with Crippen molar-refractivity contribution >= 4 is 21.8 Å². The third kappa shape index (κ3) is 4.16. The third-order valence-corrected chi connectivity index (χ3v) is 6.53. The van der Waals surface area contributed by atoms with Crippen molar-refractivity contribution in [3.63, 3.8) is 0 Å². The molecule has 1 fully saturated rings. The summed E-state index contributed by atoms with van der Waals surface area (Å²) in [5.41, 5.74) is 1.62. The van der Waals surface area contributed by atoms with Crippen LogP contribution in [0.2, 0.25) is 0 Å². The van der Waals surface area contributed by atoms with E-state index in [0.29, 0.717) is 44.7 Å². The Morgan fingerprint density at radius 2 is 1.74 bits per heavy atom. The van der Waals surface area contributed by atoms with Crippen LogP contribution in [-0.4, -0.2) is 72.8 Å². The van der Waals surface area contributed by atoms with Gasteiger partial charge in [-0.1, -0.05) is 32.0 Å². The first-order chi connectivity index (χ1) is 12.7. The molecule has 0 radical (unpaired) electrons. The van der Waals surface area contributed by atoms with Crippen molar-refractivity contribution in [3.8, 4) is 0 Å². The molecular formula is C19H27N3O4S. The number of sulfonamides is 1. The SMILES string of the molecule is CC(C)CC(C(=O)N1CCN(S(C)(=O)=O)CC1)N1Cc2ccccc2C1=O. The lowest BCUT2D eigenvalue weighted by molar-refractivity contribution is -0.138. The lowest BCUT2D eigenvalue weighted by Gasteiger charge is -2.37. The van der Waals surface area contributed by atoms with Crippen LogP contribution >= 0.6 is 0 Å². The number of hydrogen-bond acceptors (Lipinski definition) is 4. The normalized spacial score (nSPS) is 19.5. The average Bonchev–Trinajstić information content (AvgIpc) is 2.95. The van der Waals surface area contributed by atoms with Gasteiger partial charge in [0.15, 0.2) is 0 Å². The van der Waals surface area contributed by atoms with Gasteiger partial charge in [-0.05, 0) is 24.0 Å². The van der Waals surface area contributed by atoms with Gasteiger partial charge in [-0.25, -0.2) is 8.42 Å². The minimum atomic E-state index is -3.24. The fourth-order valence-corrected chi connectivity index (χ4v) is 4.61. The van der Waals surface area contributed by atoms with Crippen molar-refractivity contribution in [3.05, 3.63) is 35.4 Å². The number of nitrogens with zero attached hydrogens (tertiary/aromatic N) is 3. The van der Waals surface area contributed by atoms with E-state index < -0.39 is 16.1 Å². The van der Waals surface area contributed by atoms with Crippen LogP contribution < -0.4 is 0 Å². The number of hydrogen-bond donors (Lipinski definition) is 0. The summed E-state index contributed by atoms with van der Waals surface area (Å²) < 4.78 is 24.8. The summed E-state index contributed by atoms with van der Waals surface area (Å²) in [6.07, 6.45) is 1.77. The highest BCUT2D eigenvalue weighted by molar-refractivity contribution is 7.88. The number of carbonyl (C=O) groups excluding carboxylic acids is 2. The molecule has 2 amide bonds. The summed E-state index contributed by atoms with van der Waals surface area (Å²) in [6, 6.07) is 6.95. The lowest BCUT2D eigenvalue weighted by atomic mass is 10.0. The third-order valence-electron chi connectivity index (χ3n) is 5.22. The van der Waals surface area contributed by atoms with Crippen molar-refractivity contribution in [1.82, 2.24) is 14.1 Å². The van der Waals surface area contributed by atoms with Gasteiger partial charge < -0.3 is 9.80 Å². The second-order valence-electron chi connectivity index (χ2n) is 7.72. The average molecular weight is 394 g/mol. The molecular weight excluding hydrogens is 366 g/mol. The highest BCUT2D eigenvalue weighted by atomic mass is 32.2. The summed E-state index contributed by atoms with van der Waals surface area (Å²) in [6.45, 7) is 5.83. The Hall–Kier alpha value is -1.93. The van der Waals surface area contributed by atoms with Gasteiger partial charge in [0.25, 0.3) is 5.91 Å². The number of carbonyl (C=O) groups is 2. The molecule has 2 aliphatic heterocycles. The van der Waals surface area contributed by atoms with Crippen LogP contribution in [0.5, 0.6) is 0 Å².